The lowest BCUT2D eigenvalue weighted by Crippen LogP contribution is -2.33. The molecule has 0 aromatic heterocycles. The molecule has 0 unspecified atom stereocenters. The van der Waals surface area contributed by atoms with E-state index in [1.165, 1.54) is 0 Å². The molecule has 0 aliphatic heterocycles. The van der Waals surface area contributed by atoms with E-state index in [0.29, 0.717) is 28.9 Å². The summed E-state index contributed by atoms with van der Waals surface area (Å²) >= 11 is 3.34. The first-order chi connectivity index (χ1) is 12.6. The number of ether oxygens (including phenoxy) is 2. The highest BCUT2D eigenvalue weighted by atomic mass is 79.9. The second-order valence-electron chi connectivity index (χ2n) is 5.48. The normalized spacial score (nSPS) is 10.2. The minimum Gasteiger partial charge on any atom is -0.484 e. The number of halogens is 1. The number of carbonyl (C=O) groups excluding carboxylic acids is 2. The van der Waals surface area contributed by atoms with Crippen LogP contribution in [0.1, 0.15) is 15.9 Å². The Labute approximate surface area is 161 Å². The highest BCUT2D eigenvalue weighted by molar-refractivity contribution is 9.10. The van der Waals surface area contributed by atoms with Crippen molar-refractivity contribution in [2.45, 2.75) is 6.61 Å². The zero-order chi connectivity index (χ0) is 18.8. The van der Waals surface area contributed by atoms with Gasteiger partial charge in [-0.15, -0.1) is 0 Å². The van der Waals surface area contributed by atoms with Crippen molar-refractivity contribution in [2.75, 3.05) is 26.7 Å². The summed E-state index contributed by atoms with van der Waals surface area (Å²) in [6.07, 6.45) is 0. The molecule has 2 N–H and O–H groups in total. The highest BCUT2D eigenvalue weighted by Crippen LogP contribution is 2.22. The quantitative estimate of drug-likeness (QED) is 0.481. The lowest BCUT2D eigenvalue weighted by atomic mass is 10.2. The third kappa shape index (κ3) is 6.85. The lowest BCUT2D eigenvalue weighted by molar-refractivity contribution is -0.123. The van der Waals surface area contributed by atoms with E-state index in [-0.39, 0.29) is 19.1 Å². The Bertz CT molecular complexity index is 738. The van der Waals surface area contributed by atoms with Gasteiger partial charge in [0, 0.05) is 17.6 Å². The van der Waals surface area contributed by atoms with Gasteiger partial charge in [-0.2, -0.15) is 0 Å². The fraction of sp³-hybridized carbons (Fsp3) is 0.263. The van der Waals surface area contributed by atoms with Crippen molar-refractivity contribution < 1.29 is 19.1 Å². The van der Waals surface area contributed by atoms with E-state index in [9.17, 15) is 9.59 Å². The Morgan fingerprint density at radius 2 is 1.85 bits per heavy atom. The fourth-order valence-electron chi connectivity index (χ4n) is 2.10. The monoisotopic (exact) mass is 420 g/mol. The zero-order valence-corrected chi connectivity index (χ0v) is 16.0. The van der Waals surface area contributed by atoms with Gasteiger partial charge in [0.1, 0.15) is 12.4 Å². The molecule has 0 saturated carbocycles. The first-order valence-electron chi connectivity index (χ1n) is 8.14. The highest BCUT2D eigenvalue weighted by Gasteiger charge is 2.11. The van der Waals surface area contributed by atoms with E-state index in [0.717, 1.165) is 5.56 Å². The molecule has 1 amide bonds. The van der Waals surface area contributed by atoms with Crippen molar-refractivity contribution in [3.05, 3.63) is 64.1 Å². The van der Waals surface area contributed by atoms with Crippen LogP contribution in [0.2, 0.25) is 0 Å². The van der Waals surface area contributed by atoms with Crippen LogP contribution in [0.25, 0.3) is 0 Å². The average molecular weight is 421 g/mol. The van der Waals surface area contributed by atoms with Crippen LogP contribution >= 0.6 is 15.9 Å². The number of nitrogens with one attached hydrogen (secondary N) is 2. The van der Waals surface area contributed by atoms with E-state index in [4.69, 9.17) is 9.47 Å². The third-order valence-corrected chi connectivity index (χ3v) is 3.84. The van der Waals surface area contributed by atoms with Gasteiger partial charge in [-0.3, -0.25) is 4.79 Å². The number of hydrogen-bond acceptors (Lipinski definition) is 5. The first-order valence-corrected chi connectivity index (χ1v) is 8.93. The van der Waals surface area contributed by atoms with E-state index in [2.05, 4.69) is 26.6 Å². The maximum absolute atomic E-state index is 12.3. The van der Waals surface area contributed by atoms with Crippen molar-refractivity contribution >= 4 is 27.8 Å². The minimum absolute atomic E-state index is 0.126. The molecular formula is C19H21BrN2O4. The van der Waals surface area contributed by atoms with Gasteiger partial charge < -0.3 is 20.1 Å². The summed E-state index contributed by atoms with van der Waals surface area (Å²) in [5, 5.41) is 5.65. The maximum atomic E-state index is 12.3. The second kappa shape index (κ2) is 10.6. The zero-order valence-electron chi connectivity index (χ0n) is 14.5. The van der Waals surface area contributed by atoms with Gasteiger partial charge in [-0.05, 0) is 30.8 Å². The van der Waals surface area contributed by atoms with E-state index < -0.39 is 5.97 Å². The van der Waals surface area contributed by atoms with Gasteiger partial charge in [0.25, 0.3) is 5.91 Å². The summed E-state index contributed by atoms with van der Waals surface area (Å²) in [6, 6.07) is 14.3. The van der Waals surface area contributed by atoms with Gasteiger partial charge in [-0.1, -0.05) is 46.3 Å². The number of rotatable bonds is 9. The maximum Gasteiger partial charge on any atom is 0.338 e. The Hall–Kier alpha value is -2.38. The van der Waals surface area contributed by atoms with E-state index in [1.807, 2.05) is 37.4 Å². The van der Waals surface area contributed by atoms with Gasteiger partial charge in [-0.25, -0.2) is 4.79 Å². The molecular weight excluding hydrogens is 400 g/mol. The molecule has 6 nitrogen and oxygen atoms in total. The summed E-state index contributed by atoms with van der Waals surface area (Å²) in [4.78, 5) is 23.9. The second-order valence-corrected chi connectivity index (χ2v) is 6.40. The number of esters is 1. The van der Waals surface area contributed by atoms with Gasteiger partial charge >= 0.3 is 5.97 Å². The summed E-state index contributed by atoms with van der Waals surface area (Å²) in [5.74, 6) is -0.276. The Morgan fingerprint density at radius 3 is 2.58 bits per heavy atom. The molecule has 2 aromatic carbocycles. The van der Waals surface area contributed by atoms with Crippen LogP contribution < -0.4 is 15.4 Å². The van der Waals surface area contributed by atoms with E-state index in [1.54, 1.807) is 18.2 Å². The molecule has 0 atom stereocenters. The molecule has 0 aliphatic carbocycles. The number of hydrogen-bond donors (Lipinski definition) is 2. The molecule has 0 saturated heterocycles. The molecule has 0 aliphatic rings. The van der Waals surface area contributed by atoms with Crippen LogP contribution in [0.15, 0.2) is 53.0 Å². The van der Waals surface area contributed by atoms with Crippen molar-refractivity contribution in [1.29, 1.82) is 0 Å². The standard InChI is InChI=1S/C19H21BrN2O4/c1-21-7-8-22-18(23)13-25-17-10-15(9-16(20)11-17)19(24)26-12-14-5-3-2-4-6-14/h2-6,9-11,21H,7-8,12-13H2,1H3,(H,22,23). The predicted octanol–water partition coefficient (Wildman–Crippen LogP) is 2.52. The predicted molar refractivity (Wildman–Crippen MR) is 102 cm³/mol. The number of carbonyl (C=O) groups is 2. The Kier molecular flexibility index (Phi) is 8.11. The summed E-state index contributed by atoms with van der Waals surface area (Å²) in [7, 11) is 1.81. The number of amides is 1. The molecule has 0 spiro atoms. The summed E-state index contributed by atoms with van der Waals surface area (Å²) in [5.41, 5.74) is 1.26. The molecule has 0 fully saturated rings. The smallest absolute Gasteiger partial charge is 0.338 e. The third-order valence-electron chi connectivity index (χ3n) is 3.39. The van der Waals surface area contributed by atoms with E-state index >= 15 is 0 Å². The van der Waals surface area contributed by atoms with Crippen LogP contribution in [-0.4, -0.2) is 38.6 Å². The van der Waals surface area contributed by atoms with Crippen molar-refractivity contribution in [3.8, 4) is 5.75 Å². The molecule has 138 valence electrons. The summed E-state index contributed by atoms with van der Waals surface area (Å²) < 4.78 is 11.4. The molecule has 2 aromatic rings. The van der Waals surface area contributed by atoms with Crippen LogP contribution in [0, 0.1) is 0 Å². The first kappa shape index (κ1) is 19.9. The van der Waals surface area contributed by atoms with Gasteiger partial charge in [0.2, 0.25) is 0 Å². The molecule has 2 rings (SSSR count). The SMILES string of the molecule is CNCCNC(=O)COc1cc(Br)cc(C(=O)OCc2ccccc2)c1. The number of likely N-dealkylation sites (N-methyl/N-ethyl adjacent to an activating group) is 1. The largest absolute Gasteiger partial charge is 0.484 e. The molecule has 7 heteroatoms. The molecule has 0 radical (unpaired) electrons. The van der Waals surface area contributed by atoms with Crippen molar-refractivity contribution in [2.24, 2.45) is 0 Å². The number of benzene rings is 2. The average Bonchev–Trinajstić information content (AvgIpc) is 2.65. The minimum atomic E-state index is -0.460. The molecule has 0 bridgehead atoms. The van der Waals surface area contributed by atoms with Crippen LogP contribution in [0.3, 0.4) is 0 Å². The summed E-state index contributed by atoms with van der Waals surface area (Å²) in [6.45, 7) is 1.27. The van der Waals surface area contributed by atoms with Crippen LogP contribution in [0.5, 0.6) is 5.75 Å². The Morgan fingerprint density at radius 1 is 1.08 bits per heavy atom. The topological polar surface area (TPSA) is 76.7 Å². The van der Waals surface area contributed by atoms with Crippen molar-refractivity contribution in [1.82, 2.24) is 10.6 Å². The van der Waals surface area contributed by atoms with Crippen LogP contribution in [-0.2, 0) is 16.1 Å². The van der Waals surface area contributed by atoms with Gasteiger partial charge in [0.05, 0.1) is 5.56 Å². The molecule has 26 heavy (non-hydrogen) atoms. The van der Waals surface area contributed by atoms with Crippen LogP contribution in [0.4, 0.5) is 0 Å². The van der Waals surface area contributed by atoms with Gasteiger partial charge in [0.15, 0.2) is 6.61 Å². The fourth-order valence-corrected chi connectivity index (χ4v) is 2.57. The van der Waals surface area contributed by atoms with Crippen molar-refractivity contribution in [3.63, 3.8) is 0 Å². The lowest BCUT2D eigenvalue weighted by Gasteiger charge is -2.10. The Balaban J connectivity index is 1.91. The molecule has 0 heterocycles.